The number of piperidine rings is 1. The summed E-state index contributed by atoms with van der Waals surface area (Å²) < 4.78 is 12.9. The molecule has 0 unspecified atom stereocenters. The molecule has 0 bridgehead atoms. The first-order valence-corrected chi connectivity index (χ1v) is 8.65. The van der Waals surface area contributed by atoms with Crippen LogP contribution in [0, 0.1) is 17.7 Å². The van der Waals surface area contributed by atoms with Gasteiger partial charge in [0.15, 0.2) is 5.82 Å². The van der Waals surface area contributed by atoms with Crippen molar-refractivity contribution in [3.05, 3.63) is 65.6 Å². The molecule has 3 rings (SSSR count). The van der Waals surface area contributed by atoms with E-state index in [0.717, 1.165) is 37.4 Å². The Kier molecular flexibility index (Phi) is 6.18. The van der Waals surface area contributed by atoms with Crippen molar-refractivity contribution in [3.63, 3.8) is 0 Å². The van der Waals surface area contributed by atoms with Gasteiger partial charge in [-0.1, -0.05) is 11.5 Å². The lowest BCUT2D eigenvalue weighted by molar-refractivity contribution is 0.105. The number of nitrogens with one attached hydrogen (secondary N) is 1. The van der Waals surface area contributed by atoms with Crippen LogP contribution in [0.15, 0.2) is 54.2 Å². The lowest BCUT2D eigenvalue weighted by Crippen LogP contribution is -2.31. The van der Waals surface area contributed by atoms with Crippen molar-refractivity contribution in [1.29, 1.82) is 0 Å². The summed E-state index contributed by atoms with van der Waals surface area (Å²) in [6, 6.07) is 9.17. The van der Waals surface area contributed by atoms with Gasteiger partial charge in [-0.3, -0.25) is 15.1 Å². The highest BCUT2D eigenvalue weighted by molar-refractivity contribution is 6.09. The number of ketones is 1. The summed E-state index contributed by atoms with van der Waals surface area (Å²) in [6.45, 7) is 1.63. The number of allylic oxidation sites excluding steroid dienone is 1. The summed E-state index contributed by atoms with van der Waals surface area (Å²) >= 11 is 0. The third-order valence-electron chi connectivity index (χ3n) is 4.27. The van der Waals surface area contributed by atoms with Gasteiger partial charge in [-0.05, 0) is 61.2 Å². The van der Waals surface area contributed by atoms with E-state index in [2.05, 4.69) is 27.2 Å². The maximum atomic E-state index is 12.9. The third-order valence-corrected chi connectivity index (χ3v) is 4.27. The quantitative estimate of drug-likeness (QED) is 0.388. The molecule has 2 heterocycles. The first kappa shape index (κ1) is 18.6. The maximum Gasteiger partial charge on any atom is 0.236 e. The van der Waals surface area contributed by atoms with Gasteiger partial charge in [0.05, 0.1) is 7.11 Å². The number of nitrogens with zero attached hydrogens (tertiary/aromatic N) is 2. The number of rotatable bonds is 4. The second kappa shape index (κ2) is 8.97. The number of hydrogen-bond donors (Lipinski definition) is 1. The topological polar surface area (TPSA) is 54.5 Å². The van der Waals surface area contributed by atoms with Crippen LogP contribution >= 0.6 is 0 Å². The second-order valence-corrected chi connectivity index (χ2v) is 6.08. The van der Waals surface area contributed by atoms with E-state index in [9.17, 15) is 9.18 Å². The second-order valence-electron chi connectivity index (χ2n) is 6.08. The number of aromatic nitrogens is 1. The number of carbonyl (C=O) groups excluding carboxylic acids is 1. The summed E-state index contributed by atoms with van der Waals surface area (Å²) in [5.74, 6) is 5.60. The number of hydrogen-bond acceptors (Lipinski definition) is 5. The Morgan fingerprint density at radius 1 is 1.26 bits per heavy atom. The van der Waals surface area contributed by atoms with Crippen molar-refractivity contribution in [2.45, 2.75) is 12.8 Å². The van der Waals surface area contributed by atoms with E-state index in [0.29, 0.717) is 5.56 Å². The highest BCUT2D eigenvalue weighted by atomic mass is 19.1. The average Bonchev–Trinajstić information content (AvgIpc) is 2.70. The monoisotopic (exact) mass is 365 g/mol. The molecule has 0 saturated carbocycles. The molecule has 2 aromatic rings. The SMILES string of the molecule is CONc1cccnc1N1CCC(=CC#CC(=O)c2ccc(F)cc2)CC1. The van der Waals surface area contributed by atoms with Crippen molar-refractivity contribution < 1.29 is 14.0 Å². The van der Waals surface area contributed by atoms with Gasteiger partial charge in [0.25, 0.3) is 0 Å². The van der Waals surface area contributed by atoms with Crippen LogP contribution in [0.1, 0.15) is 23.2 Å². The van der Waals surface area contributed by atoms with Gasteiger partial charge >= 0.3 is 0 Å². The highest BCUT2D eigenvalue weighted by Crippen LogP contribution is 2.27. The van der Waals surface area contributed by atoms with Crippen LogP contribution in [-0.2, 0) is 4.84 Å². The van der Waals surface area contributed by atoms with Crippen LogP contribution < -0.4 is 10.4 Å². The molecule has 1 saturated heterocycles. The Hall–Kier alpha value is -3.17. The molecule has 1 aliphatic rings. The number of pyridine rings is 1. The van der Waals surface area contributed by atoms with Crippen LogP contribution in [0.3, 0.4) is 0 Å². The molecule has 138 valence electrons. The Morgan fingerprint density at radius 3 is 2.70 bits per heavy atom. The normalized spacial score (nSPS) is 13.6. The van der Waals surface area contributed by atoms with Gasteiger partial charge in [-0.15, -0.1) is 0 Å². The molecular weight excluding hydrogens is 345 g/mol. The first-order valence-electron chi connectivity index (χ1n) is 8.65. The molecule has 27 heavy (non-hydrogen) atoms. The predicted molar refractivity (Wildman–Crippen MR) is 103 cm³/mol. The molecule has 1 aromatic heterocycles. The van der Waals surface area contributed by atoms with Gasteiger partial charge in [-0.2, -0.15) is 0 Å². The summed E-state index contributed by atoms with van der Waals surface area (Å²) in [5.41, 5.74) is 5.27. The lowest BCUT2D eigenvalue weighted by atomic mass is 10.0. The largest absolute Gasteiger partial charge is 0.354 e. The van der Waals surface area contributed by atoms with E-state index in [-0.39, 0.29) is 11.6 Å². The van der Waals surface area contributed by atoms with E-state index < -0.39 is 0 Å². The van der Waals surface area contributed by atoms with Gasteiger partial charge in [-0.25, -0.2) is 9.37 Å². The highest BCUT2D eigenvalue weighted by Gasteiger charge is 2.17. The van der Waals surface area contributed by atoms with Crippen LogP contribution in [-0.4, -0.2) is 31.0 Å². The average molecular weight is 365 g/mol. The van der Waals surface area contributed by atoms with E-state index in [1.165, 1.54) is 29.8 Å². The minimum absolute atomic E-state index is 0.312. The zero-order valence-electron chi connectivity index (χ0n) is 15.0. The van der Waals surface area contributed by atoms with Crippen molar-refractivity contribution in [2.24, 2.45) is 0 Å². The Labute approximate surface area is 157 Å². The molecule has 0 atom stereocenters. The molecule has 0 aliphatic carbocycles. The minimum Gasteiger partial charge on any atom is -0.354 e. The van der Waals surface area contributed by atoms with Crippen LogP contribution in [0.5, 0.6) is 0 Å². The van der Waals surface area contributed by atoms with Crippen LogP contribution in [0.25, 0.3) is 0 Å². The molecule has 1 N–H and O–H groups in total. The van der Waals surface area contributed by atoms with Gasteiger partial charge in [0.2, 0.25) is 5.78 Å². The van der Waals surface area contributed by atoms with E-state index in [1.807, 2.05) is 18.2 Å². The van der Waals surface area contributed by atoms with E-state index >= 15 is 0 Å². The third kappa shape index (κ3) is 4.93. The molecule has 0 spiro atoms. The van der Waals surface area contributed by atoms with Crippen molar-refractivity contribution in [2.75, 3.05) is 30.6 Å². The molecule has 1 aromatic carbocycles. The van der Waals surface area contributed by atoms with E-state index in [4.69, 9.17) is 4.84 Å². The molecule has 1 fully saturated rings. The Bertz CT molecular complexity index is 888. The van der Waals surface area contributed by atoms with Crippen molar-refractivity contribution in [3.8, 4) is 11.8 Å². The predicted octanol–water partition coefficient (Wildman–Crippen LogP) is 3.61. The number of benzene rings is 1. The fraction of sp³-hybridized carbons (Fsp3) is 0.238. The van der Waals surface area contributed by atoms with Crippen LogP contribution in [0.2, 0.25) is 0 Å². The number of carbonyl (C=O) groups is 1. The molecule has 1 aliphatic heterocycles. The van der Waals surface area contributed by atoms with Crippen LogP contribution in [0.4, 0.5) is 15.9 Å². The van der Waals surface area contributed by atoms with Crippen molar-refractivity contribution in [1.82, 2.24) is 4.98 Å². The fourth-order valence-electron chi connectivity index (χ4n) is 2.87. The zero-order chi connectivity index (χ0) is 19.1. The van der Waals surface area contributed by atoms with Crippen molar-refractivity contribution >= 4 is 17.3 Å². The Balaban J connectivity index is 1.60. The molecule has 0 amide bonds. The van der Waals surface area contributed by atoms with Gasteiger partial charge < -0.3 is 4.90 Å². The smallest absolute Gasteiger partial charge is 0.236 e. The fourth-order valence-corrected chi connectivity index (χ4v) is 2.87. The Morgan fingerprint density at radius 2 is 2.00 bits per heavy atom. The molecule has 6 heteroatoms. The minimum atomic E-state index is -0.370. The maximum absolute atomic E-state index is 12.9. The summed E-state index contributed by atoms with van der Waals surface area (Å²) in [6.07, 6.45) is 5.27. The molecule has 5 nitrogen and oxygen atoms in total. The summed E-state index contributed by atoms with van der Waals surface area (Å²) in [5, 5.41) is 0. The summed E-state index contributed by atoms with van der Waals surface area (Å²) in [7, 11) is 1.57. The van der Waals surface area contributed by atoms with Gasteiger partial charge in [0, 0.05) is 24.8 Å². The number of halogens is 1. The number of anilines is 2. The van der Waals surface area contributed by atoms with E-state index in [1.54, 1.807) is 13.3 Å². The zero-order valence-corrected chi connectivity index (χ0v) is 15.0. The first-order chi connectivity index (χ1) is 13.2. The molecule has 0 radical (unpaired) electrons. The number of Topliss-reactive ketones (excluding diaryl/α,β-unsaturated/α-hetero) is 1. The summed E-state index contributed by atoms with van der Waals surface area (Å²) in [4.78, 5) is 23.6. The molecular formula is C21H20FN3O2. The lowest BCUT2D eigenvalue weighted by Gasteiger charge is -2.30. The standard InChI is InChI=1S/C21H20FN3O2/c1-27-24-19-5-3-13-23-21(19)25-14-11-16(12-15-25)4-2-6-20(26)17-7-9-18(22)10-8-17/h3-5,7-10,13,24H,11-12,14-15H2,1H3. The van der Waals surface area contributed by atoms with Gasteiger partial charge in [0.1, 0.15) is 11.5 Å².